The Balaban J connectivity index is 1.15. The van der Waals surface area contributed by atoms with Crippen LogP contribution >= 0.6 is 9.24 Å². The fourth-order valence-corrected chi connectivity index (χ4v) is 6.98. The van der Waals surface area contributed by atoms with Crippen molar-refractivity contribution < 1.29 is 9.53 Å². The molecule has 2 aromatic heterocycles. The summed E-state index contributed by atoms with van der Waals surface area (Å²) in [5, 5.41) is 4.75. The molecule has 4 aliphatic rings. The van der Waals surface area contributed by atoms with Gasteiger partial charge in [0.05, 0.1) is 28.9 Å². The van der Waals surface area contributed by atoms with Crippen LogP contribution in [0.3, 0.4) is 0 Å². The summed E-state index contributed by atoms with van der Waals surface area (Å²) in [6, 6.07) is 10.6. The summed E-state index contributed by atoms with van der Waals surface area (Å²) in [5.41, 5.74) is 11.9. The number of carbonyl (C=O) groups excluding carboxylic acids is 1. The largest absolute Gasteiger partial charge is 0.456 e. The third-order valence-electron chi connectivity index (χ3n) is 9.14. The Morgan fingerprint density at radius 2 is 1.88 bits per heavy atom. The van der Waals surface area contributed by atoms with Crippen LogP contribution in [-0.2, 0) is 9.53 Å². The summed E-state index contributed by atoms with van der Waals surface area (Å²) >= 11 is 0. The Morgan fingerprint density at radius 3 is 2.59 bits per heavy atom. The number of allylic oxidation sites excluding steroid dienone is 7. The van der Waals surface area contributed by atoms with Gasteiger partial charge in [0.15, 0.2) is 5.65 Å². The zero-order valence-electron chi connectivity index (χ0n) is 23.8. The lowest BCUT2D eigenvalue weighted by molar-refractivity contribution is -0.143. The molecule has 2 aliphatic heterocycles. The number of rotatable bonds is 5. The predicted octanol–water partition coefficient (Wildman–Crippen LogP) is 6.14. The zero-order valence-corrected chi connectivity index (χ0v) is 25.0. The molecule has 2 aliphatic carbocycles. The first-order valence-corrected chi connectivity index (χ1v) is 15.5. The van der Waals surface area contributed by atoms with Crippen LogP contribution in [-0.4, -0.2) is 44.7 Å². The third kappa shape index (κ3) is 4.97. The molecule has 7 heteroatoms. The number of benzene rings is 1. The van der Waals surface area contributed by atoms with Crippen molar-refractivity contribution in [2.45, 2.75) is 64.4 Å². The molecule has 2 saturated heterocycles. The molecule has 210 valence electrons. The maximum Gasteiger partial charge on any atom is 0.309 e. The topological polar surface area (TPSA) is 59.7 Å². The summed E-state index contributed by atoms with van der Waals surface area (Å²) in [6.45, 7) is 6.10. The minimum atomic E-state index is -0.0619. The molecular formula is C34H37N4O2P. The van der Waals surface area contributed by atoms with Crippen molar-refractivity contribution in [3.05, 3.63) is 94.5 Å². The summed E-state index contributed by atoms with van der Waals surface area (Å²) < 4.78 is 7.78. The standard InChI is InChI=1S/C34H37N4O2P/c1-21-19-29(40-34(21)39)31(27-13-14-27)37-17-15-26(16-18-37)30-22(2)33(41)38-32(36-30)28(20-35-38)25-10-6-9-24(11-12-25)23-7-4-3-5-8-23/h3-8,10-12,20-21,26,29H,9,13-19,41H2,1-2H3. The van der Waals surface area contributed by atoms with Gasteiger partial charge in [0.2, 0.25) is 0 Å². The molecule has 7 rings (SSSR count). The van der Waals surface area contributed by atoms with E-state index in [9.17, 15) is 4.79 Å². The molecule has 0 bridgehead atoms. The molecule has 1 aromatic carbocycles. The van der Waals surface area contributed by atoms with Crippen LogP contribution in [0.15, 0.2) is 72.1 Å². The first-order valence-electron chi connectivity index (χ1n) is 14.9. The van der Waals surface area contributed by atoms with E-state index in [1.54, 1.807) is 0 Å². The van der Waals surface area contributed by atoms with Crippen molar-refractivity contribution in [3.63, 3.8) is 0 Å². The first-order chi connectivity index (χ1) is 20.0. The lowest BCUT2D eigenvalue weighted by Crippen LogP contribution is -2.37. The van der Waals surface area contributed by atoms with Gasteiger partial charge >= 0.3 is 5.97 Å². The molecule has 3 fully saturated rings. The molecule has 0 spiro atoms. The minimum absolute atomic E-state index is 0.00497. The highest BCUT2D eigenvalue weighted by Crippen LogP contribution is 2.41. The van der Waals surface area contributed by atoms with Gasteiger partial charge in [-0.05, 0) is 66.9 Å². The number of likely N-dealkylation sites (tertiary alicyclic amines) is 1. The first kappa shape index (κ1) is 26.4. The van der Waals surface area contributed by atoms with Gasteiger partial charge in [-0.2, -0.15) is 5.10 Å². The second-order valence-corrected chi connectivity index (χ2v) is 12.4. The summed E-state index contributed by atoms with van der Waals surface area (Å²) in [7, 11) is 2.91. The molecule has 3 aromatic rings. The highest BCUT2D eigenvalue weighted by atomic mass is 31.0. The van der Waals surface area contributed by atoms with E-state index in [0.29, 0.717) is 5.92 Å². The minimum Gasteiger partial charge on any atom is -0.456 e. The number of ether oxygens (including phenoxy) is 1. The van der Waals surface area contributed by atoms with Crippen LogP contribution in [0.1, 0.15) is 73.8 Å². The van der Waals surface area contributed by atoms with Gasteiger partial charge in [-0.3, -0.25) is 4.79 Å². The van der Waals surface area contributed by atoms with Crippen LogP contribution in [0, 0.1) is 12.8 Å². The normalized spacial score (nSPS) is 23.0. The molecule has 4 heterocycles. The molecule has 0 radical (unpaired) electrons. The molecular weight excluding hydrogens is 527 g/mol. The highest BCUT2D eigenvalue weighted by Gasteiger charge is 2.39. The average Bonchev–Trinajstić information content (AvgIpc) is 3.71. The number of hydrogen-bond acceptors (Lipinski definition) is 5. The second-order valence-electron chi connectivity index (χ2n) is 11.9. The highest BCUT2D eigenvalue weighted by molar-refractivity contribution is 7.27. The number of nitrogens with zero attached hydrogens (tertiary/aromatic N) is 4. The second kappa shape index (κ2) is 10.7. The van der Waals surface area contributed by atoms with E-state index < -0.39 is 0 Å². The number of hydrogen-bond donors (Lipinski definition) is 0. The van der Waals surface area contributed by atoms with Gasteiger partial charge in [0.1, 0.15) is 6.10 Å². The molecule has 41 heavy (non-hydrogen) atoms. The van der Waals surface area contributed by atoms with Gasteiger partial charge in [-0.15, -0.1) is 0 Å². The summed E-state index contributed by atoms with van der Waals surface area (Å²) in [4.78, 5) is 20.0. The number of aromatic nitrogens is 3. The van der Waals surface area contributed by atoms with E-state index in [0.717, 1.165) is 73.8 Å². The molecule has 0 amide bonds. The maximum absolute atomic E-state index is 12.2. The zero-order chi connectivity index (χ0) is 28.1. The lowest BCUT2D eigenvalue weighted by atomic mass is 9.90. The Kier molecular flexibility index (Phi) is 6.90. The Labute approximate surface area is 244 Å². The van der Waals surface area contributed by atoms with Crippen LogP contribution in [0.5, 0.6) is 0 Å². The summed E-state index contributed by atoms with van der Waals surface area (Å²) in [5.74, 6) is 0.332. The smallest absolute Gasteiger partial charge is 0.309 e. The van der Waals surface area contributed by atoms with Crippen molar-refractivity contribution in [1.29, 1.82) is 0 Å². The van der Waals surface area contributed by atoms with Crippen LogP contribution in [0.25, 0.3) is 16.8 Å². The van der Waals surface area contributed by atoms with E-state index in [1.165, 1.54) is 33.7 Å². The van der Waals surface area contributed by atoms with Gasteiger partial charge in [0, 0.05) is 31.0 Å². The fraction of sp³-hybridized carbons (Fsp3) is 0.382. The van der Waals surface area contributed by atoms with Crippen molar-refractivity contribution in [2.75, 3.05) is 13.1 Å². The van der Waals surface area contributed by atoms with E-state index in [4.69, 9.17) is 14.8 Å². The van der Waals surface area contributed by atoms with Crippen molar-refractivity contribution in [3.8, 4) is 0 Å². The van der Waals surface area contributed by atoms with Crippen LogP contribution in [0.2, 0.25) is 0 Å². The van der Waals surface area contributed by atoms with Gasteiger partial charge in [-0.25, -0.2) is 9.50 Å². The molecule has 6 nitrogen and oxygen atoms in total. The summed E-state index contributed by atoms with van der Waals surface area (Å²) in [6.07, 6.45) is 16.8. The van der Waals surface area contributed by atoms with Gasteiger partial charge in [0.25, 0.3) is 0 Å². The predicted molar refractivity (Wildman–Crippen MR) is 167 cm³/mol. The number of cyclic esters (lactones) is 1. The maximum atomic E-state index is 12.2. The van der Waals surface area contributed by atoms with E-state index in [1.807, 2.05) is 17.6 Å². The monoisotopic (exact) mass is 564 g/mol. The molecule has 0 N–H and O–H groups in total. The van der Waals surface area contributed by atoms with E-state index in [-0.39, 0.29) is 18.0 Å². The van der Waals surface area contributed by atoms with Crippen molar-refractivity contribution in [1.82, 2.24) is 19.5 Å². The SMILES string of the molecule is Cc1c(C2CCN(C(=C3CC3)C3CC(C)C(=O)O3)CC2)nc2c(C3=CC=C(c4ccccc4)CC=C3)cnn2c1P. The van der Waals surface area contributed by atoms with E-state index in [2.05, 4.69) is 75.7 Å². The lowest BCUT2D eigenvalue weighted by Gasteiger charge is -2.37. The number of esters is 1. The molecule has 3 atom stereocenters. The van der Waals surface area contributed by atoms with Crippen LogP contribution in [0.4, 0.5) is 0 Å². The van der Waals surface area contributed by atoms with Crippen molar-refractivity contribution in [2.24, 2.45) is 5.92 Å². The Hall–Kier alpha value is -3.50. The van der Waals surface area contributed by atoms with Crippen LogP contribution < -0.4 is 5.44 Å². The Bertz CT molecular complexity index is 1630. The number of piperidine rings is 1. The average molecular weight is 565 g/mol. The van der Waals surface area contributed by atoms with Gasteiger partial charge in [-0.1, -0.05) is 70.8 Å². The third-order valence-corrected chi connectivity index (χ3v) is 9.82. The number of fused-ring (bicyclic) bond motifs is 1. The van der Waals surface area contributed by atoms with E-state index >= 15 is 0 Å². The Morgan fingerprint density at radius 1 is 1.10 bits per heavy atom. The van der Waals surface area contributed by atoms with Gasteiger partial charge < -0.3 is 9.64 Å². The van der Waals surface area contributed by atoms with Crippen molar-refractivity contribution >= 4 is 37.4 Å². The number of carbonyl (C=O) groups is 1. The molecule has 3 unspecified atom stereocenters. The quantitative estimate of drug-likeness (QED) is 0.275. The molecule has 1 saturated carbocycles. The fourth-order valence-electron chi connectivity index (χ4n) is 6.64.